The molecule has 0 aromatic rings. The van der Waals surface area contributed by atoms with E-state index in [1.54, 1.807) is 7.11 Å². The van der Waals surface area contributed by atoms with Crippen molar-refractivity contribution in [3.63, 3.8) is 0 Å². The molecule has 5 nitrogen and oxygen atoms in total. The van der Waals surface area contributed by atoms with Crippen LogP contribution in [0.3, 0.4) is 0 Å². The maximum absolute atomic E-state index is 12.0. The molecule has 2 fully saturated rings. The van der Waals surface area contributed by atoms with E-state index < -0.39 is 16.9 Å². The van der Waals surface area contributed by atoms with Gasteiger partial charge in [-0.15, -0.1) is 0 Å². The third-order valence-corrected chi connectivity index (χ3v) is 5.36. The van der Waals surface area contributed by atoms with Crippen LogP contribution >= 0.6 is 0 Å². The molecule has 0 aromatic heterocycles. The van der Waals surface area contributed by atoms with Crippen molar-refractivity contribution in [1.82, 2.24) is 0 Å². The lowest BCUT2D eigenvalue weighted by molar-refractivity contribution is -0.241. The van der Waals surface area contributed by atoms with Crippen molar-refractivity contribution in [2.45, 2.75) is 57.2 Å². The molecule has 4 atom stereocenters. The summed E-state index contributed by atoms with van der Waals surface area (Å²) in [6.45, 7) is 2.26. The first-order valence-electron chi connectivity index (χ1n) is 7.40. The van der Waals surface area contributed by atoms with Gasteiger partial charge in [0.05, 0.1) is 24.7 Å². The first kappa shape index (κ1) is 15.7. The number of fused-ring (bicyclic) bond motifs is 1. The molecule has 0 aromatic carbocycles. The number of carbonyl (C=O) groups excluding carboxylic acids is 1. The summed E-state index contributed by atoms with van der Waals surface area (Å²) in [6.07, 6.45) is 4.78. The average Bonchev–Trinajstić information content (AvgIpc) is 2.44. The van der Waals surface area contributed by atoms with Gasteiger partial charge in [-0.3, -0.25) is 4.79 Å². The average molecular weight is 286 g/mol. The molecule has 0 amide bonds. The lowest BCUT2D eigenvalue weighted by Crippen LogP contribution is -2.64. The molecule has 0 aliphatic heterocycles. The molecule has 0 unspecified atom stereocenters. The van der Waals surface area contributed by atoms with Gasteiger partial charge in [0.2, 0.25) is 0 Å². The minimum atomic E-state index is -1.03. The van der Waals surface area contributed by atoms with Crippen molar-refractivity contribution < 1.29 is 24.1 Å². The fourth-order valence-electron chi connectivity index (χ4n) is 4.17. The van der Waals surface area contributed by atoms with E-state index in [0.717, 1.165) is 25.7 Å². The van der Waals surface area contributed by atoms with Crippen LogP contribution < -0.4 is 0 Å². The molecule has 2 aliphatic carbocycles. The van der Waals surface area contributed by atoms with Gasteiger partial charge in [-0.2, -0.15) is 0 Å². The van der Waals surface area contributed by atoms with Gasteiger partial charge in [0.1, 0.15) is 6.79 Å². The van der Waals surface area contributed by atoms with E-state index in [-0.39, 0.29) is 18.9 Å². The lowest BCUT2D eigenvalue weighted by atomic mass is 9.52. The van der Waals surface area contributed by atoms with E-state index in [2.05, 4.69) is 0 Å². The Morgan fingerprint density at radius 2 is 1.95 bits per heavy atom. The number of aliphatic hydroxyl groups is 1. The fourth-order valence-corrected chi connectivity index (χ4v) is 4.17. The summed E-state index contributed by atoms with van der Waals surface area (Å²) in [5, 5.41) is 11.3. The van der Waals surface area contributed by atoms with Crippen molar-refractivity contribution in [3.05, 3.63) is 0 Å². The van der Waals surface area contributed by atoms with Gasteiger partial charge in [0, 0.05) is 12.5 Å². The van der Waals surface area contributed by atoms with Gasteiger partial charge in [-0.1, -0.05) is 13.3 Å². The summed E-state index contributed by atoms with van der Waals surface area (Å²) in [7, 11) is 2.98. The number of methoxy groups -OCH3 is 2. The Morgan fingerprint density at radius 1 is 1.25 bits per heavy atom. The Labute approximate surface area is 120 Å². The van der Waals surface area contributed by atoms with Crippen LogP contribution in [-0.4, -0.2) is 43.8 Å². The molecule has 0 heterocycles. The van der Waals surface area contributed by atoms with Gasteiger partial charge in [-0.25, -0.2) is 0 Å². The monoisotopic (exact) mass is 286 g/mol. The summed E-state index contributed by atoms with van der Waals surface area (Å²) in [4.78, 5) is 12.0. The van der Waals surface area contributed by atoms with E-state index in [0.29, 0.717) is 12.8 Å². The topological polar surface area (TPSA) is 65.0 Å². The standard InChI is InChI=1S/C15H26O5/c1-14-8-4-6-11(13(16)19-3)15(14,17)9-5-7-12(14)20-10-18-2/h11-12,17H,4-10H2,1-3H3/t11-,12-,14+,15+/m0/s1. The molecule has 2 rings (SSSR count). The second-order valence-electron chi connectivity index (χ2n) is 6.26. The molecular weight excluding hydrogens is 260 g/mol. The summed E-state index contributed by atoms with van der Waals surface area (Å²) in [6, 6.07) is 0. The van der Waals surface area contributed by atoms with Gasteiger partial charge in [0.25, 0.3) is 0 Å². The number of carbonyl (C=O) groups is 1. The Morgan fingerprint density at radius 3 is 2.60 bits per heavy atom. The number of rotatable bonds is 4. The van der Waals surface area contributed by atoms with E-state index >= 15 is 0 Å². The molecule has 1 N–H and O–H groups in total. The van der Waals surface area contributed by atoms with Gasteiger partial charge >= 0.3 is 5.97 Å². The van der Waals surface area contributed by atoms with Crippen LogP contribution in [0.4, 0.5) is 0 Å². The van der Waals surface area contributed by atoms with Crippen molar-refractivity contribution in [1.29, 1.82) is 0 Å². The maximum atomic E-state index is 12.0. The predicted molar refractivity (Wildman–Crippen MR) is 73.0 cm³/mol. The van der Waals surface area contributed by atoms with Crippen molar-refractivity contribution in [2.24, 2.45) is 11.3 Å². The van der Waals surface area contributed by atoms with Crippen molar-refractivity contribution in [3.8, 4) is 0 Å². The summed E-state index contributed by atoms with van der Waals surface area (Å²) in [5.74, 6) is -0.744. The Bertz CT molecular complexity index is 358. The van der Waals surface area contributed by atoms with Gasteiger partial charge in [-0.05, 0) is 32.1 Å². The quantitative estimate of drug-likeness (QED) is 0.631. The van der Waals surface area contributed by atoms with Crippen LogP contribution in [-0.2, 0) is 19.0 Å². The Hall–Kier alpha value is -0.650. The zero-order valence-electron chi connectivity index (χ0n) is 12.7. The van der Waals surface area contributed by atoms with Gasteiger partial charge < -0.3 is 19.3 Å². The fraction of sp³-hybridized carbons (Fsp3) is 0.933. The molecule has 116 valence electrons. The summed E-state index contributed by atoms with van der Waals surface area (Å²) in [5.41, 5.74) is -1.45. The molecule has 20 heavy (non-hydrogen) atoms. The first-order chi connectivity index (χ1) is 9.49. The summed E-state index contributed by atoms with van der Waals surface area (Å²) >= 11 is 0. The van der Waals surface area contributed by atoms with Crippen LogP contribution in [0.1, 0.15) is 45.4 Å². The minimum Gasteiger partial charge on any atom is -0.469 e. The van der Waals surface area contributed by atoms with E-state index in [1.807, 2.05) is 6.92 Å². The van der Waals surface area contributed by atoms with Crippen molar-refractivity contribution >= 4 is 5.97 Å². The van der Waals surface area contributed by atoms with Crippen LogP contribution in [0.2, 0.25) is 0 Å². The normalized spacial score (nSPS) is 41.0. The van der Waals surface area contributed by atoms with Crippen LogP contribution in [0, 0.1) is 11.3 Å². The van der Waals surface area contributed by atoms with Gasteiger partial charge in [0.15, 0.2) is 0 Å². The number of hydrogen-bond acceptors (Lipinski definition) is 5. The molecule has 2 saturated carbocycles. The summed E-state index contributed by atoms with van der Waals surface area (Å²) < 4.78 is 15.7. The second-order valence-corrected chi connectivity index (χ2v) is 6.26. The van der Waals surface area contributed by atoms with Crippen LogP contribution in [0.5, 0.6) is 0 Å². The third-order valence-electron chi connectivity index (χ3n) is 5.36. The molecule has 2 aliphatic rings. The zero-order valence-corrected chi connectivity index (χ0v) is 12.7. The number of ether oxygens (including phenoxy) is 3. The second kappa shape index (κ2) is 6.00. The molecule has 5 heteroatoms. The molecule has 0 radical (unpaired) electrons. The van der Waals surface area contributed by atoms with E-state index in [9.17, 15) is 9.90 Å². The molecule has 0 saturated heterocycles. The highest BCUT2D eigenvalue weighted by Gasteiger charge is 2.61. The number of hydrogen-bond donors (Lipinski definition) is 1. The third kappa shape index (κ3) is 2.36. The highest BCUT2D eigenvalue weighted by Crippen LogP contribution is 2.56. The smallest absolute Gasteiger partial charge is 0.311 e. The highest BCUT2D eigenvalue weighted by molar-refractivity contribution is 5.74. The Balaban J connectivity index is 2.27. The first-order valence-corrected chi connectivity index (χ1v) is 7.40. The lowest BCUT2D eigenvalue weighted by Gasteiger charge is -2.57. The number of esters is 1. The van der Waals surface area contributed by atoms with E-state index in [4.69, 9.17) is 14.2 Å². The SMILES string of the molecule is COCO[C@H]1CCC[C@@]2(O)[C@H](C(=O)OC)CCC[C@]12C. The van der Waals surface area contributed by atoms with E-state index in [1.165, 1.54) is 7.11 Å². The van der Waals surface area contributed by atoms with Crippen LogP contribution in [0.25, 0.3) is 0 Å². The van der Waals surface area contributed by atoms with Crippen LogP contribution in [0.15, 0.2) is 0 Å². The molecule has 0 spiro atoms. The zero-order chi connectivity index (χ0) is 14.8. The molecular formula is C15H26O5. The Kier molecular flexibility index (Phi) is 4.72. The predicted octanol–water partition coefficient (Wildman–Crippen LogP) is 1.87. The maximum Gasteiger partial charge on any atom is 0.311 e. The van der Waals surface area contributed by atoms with Crippen molar-refractivity contribution in [2.75, 3.05) is 21.0 Å². The minimum absolute atomic E-state index is 0.0753. The highest BCUT2D eigenvalue weighted by atomic mass is 16.7. The molecule has 0 bridgehead atoms. The largest absolute Gasteiger partial charge is 0.469 e.